The van der Waals surface area contributed by atoms with Crippen LogP contribution in [0.1, 0.15) is 6.92 Å². The third-order valence-electron chi connectivity index (χ3n) is 0.431. The highest BCUT2D eigenvalue weighted by molar-refractivity contribution is 9.36. The van der Waals surface area contributed by atoms with E-state index in [0.717, 1.165) is 7.28 Å². The van der Waals surface area contributed by atoms with Crippen molar-refractivity contribution in [1.82, 2.24) is 0 Å². The Hall–Kier alpha value is 0.650. The monoisotopic (exact) mass is 166 g/mol. The lowest BCUT2D eigenvalue weighted by atomic mass is 10.6. The van der Waals surface area contributed by atoms with E-state index in [4.69, 9.17) is 0 Å². The van der Waals surface area contributed by atoms with Gasteiger partial charge in [-0.2, -0.15) is 0 Å². The Bertz CT molecular complexity index is 42.8. The molecule has 0 heterocycles. The van der Waals surface area contributed by atoms with Crippen LogP contribution in [0.25, 0.3) is 0 Å². The quantitative estimate of drug-likeness (QED) is 0.437. The summed E-state index contributed by atoms with van der Waals surface area (Å²) in [4.78, 5) is 0. The molecule has 0 nitrogen and oxygen atoms in total. The molecule has 6 heavy (non-hydrogen) atoms. The first-order chi connectivity index (χ1) is 2.91. The summed E-state index contributed by atoms with van der Waals surface area (Å²) in [6, 6.07) is 0. The Morgan fingerprint density at radius 1 is 1.83 bits per heavy atom. The van der Waals surface area contributed by atoms with Crippen LogP contribution in [-0.4, -0.2) is 6.16 Å². The highest BCUT2D eigenvalue weighted by atomic mass is 79.9. The van der Waals surface area contributed by atoms with E-state index in [1.54, 1.807) is 0 Å². The normalized spacial score (nSPS) is 12.3. The molecular formula is C4H8BrP. The van der Waals surface area contributed by atoms with Gasteiger partial charge in [-0.15, -0.1) is 0 Å². The second kappa shape index (κ2) is 5.65. The van der Waals surface area contributed by atoms with Crippen molar-refractivity contribution in [1.29, 1.82) is 0 Å². The van der Waals surface area contributed by atoms with E-state index < -0.39 is 0 Å². The molecule has 0 amide bonds. The molecule has 36 valence electrons. The van der Waals surface area contributed by atoms with Crippen LogP contribution in [0.3, 0.4) is 0 Å². The Morgan fingerprint density at radius 2 is 2.50 bits per heavy atom. The molecule has 0 aliphatic rings. The summed E-state index contributed by atoms with van der Waals surface area (Å²) in [7, 11) is 0.890. The van der Waals surface area contributed by atoms with Gasteiger partial charge in [-0.1, -0.05) is 27.6 Å². The molecule has 0 saturated heterocycles. The number of hydrogen-bond donors (Lipinski definition) is 0. The van der Waals surface area contributed by atoms with Crippen molar-refractivity contribution in [3.05, 3.63) is 12.2 Å². The summed E-state index contributed by atoms with van der Waals surface area (Å²) in [6.07, 6.45) is 5.39. The first kappa shape index (κ1) is 6.65. The summed E-state index contributed by atoms with van der Waals surface area (Å²) in [5.41, 5.74) is 0. The van der Waals surface area contributed by atoms with Crippen LogP contribution < -0.4 is 0 Å². The minimum absolute atomic E-state index is 0.890. The fourth-order valence-electron chi connectivity index (χ4n) is 0.162. The van der Waals surface area contributed by atoms with Gasteiger partial charge in [0.25, 0.3) is 0 Å². The predicted molar refractivity (Wildman–Crippen MR) is 36.9 cm³/mol. The van der Waals surface area contributed by atoms with Crippen molar-refractivity contribution in [2.45, 2.75) is 6.92 Å². The zero-order valence-electron chi connectivity index (χ0n) is 3.74. The molecule has 0 aromatic carbocycles. The molecule has 0 aliphatic heterocycles. The molecule has 0 aromatic heterocycles. The van der Waals surface area contributed by atoms with E-state index in [2.05, 4.69) is 27.6 Å². The minimum atomic E-state index is 0.890. The van der Waals surface area contributed by atoms with Gasteiger partial charge in [0.1, 0.15) is 0 Å². The van der Waals surface area contributed by atoms with E-state index in [1.165, 1.54) is 6.16 Å². The van der Waals surface area contributed by atoms with Gasteiger partial charge in [-0.25, -0.2) is 0 Å². The lowest BCUT2D eigenvalue weighted by molar-refractivity contribution is 1.66. The SMILES string of the molecule is CC=CCPBr. The zero-order chi connectivity index (χ0) is 4.83. The third kappa shape index (κ3) is 4.65. The molecular weight excluding hydrogens is 159 g/mol. The highest BCUT2D eigenvalue weighted by Crippen LogP contribution is 2.18. The fraction of sp³-hybridized carbons (Fsp3) is 0.500. The van der Waals surface area contributed by atoms with Crippen LogP contribution in [0.2, 0.25) is 0 Å². The maximum Gasteiger partial charge on any atom is -0.00738 e. The zero-order valence-corrected chi connectivity index (χ0v) is 6.33. The second-order valence-electron chi connectivity index (χ2n) is 0.907. The largest absolute Gasteiger partial charge is 0.0913 e. The second-order valence-corrected chi connectivity index (χ2v) is 3.26. The minimum Gasteiger partial charge on any atom is -0.0913 e. The number of halogens is 1. The Labute approximate surface area is 48.5 Å². The summed E-state index contributed by atoms with van der Waals surface area (Å²) in [5, 5.41) is 0. The molecule has 0 aliphatic carbocycles. The summed E-state index contributed by atoms with van der Waals surface area (Å²) >= 11 is 3.33. The fourth-order valence-corrected chi connectivity index (χ4v) is 1.05. The Balaban J connectivity index is 2.66. The molecule has 2 heteroatoms. The molecule has 0 rings (SSSR count). The van der Waals surface area contributed by atoms with Crippen molar-refractivity contribution < 1.29 is 0 Å². The predicted octanol–water partition coefficient (Wildman–Crippen LogP) is 2.55. The molecule has 1 atom stereocenters. The average Bonchev–Trinajstić information content (AvgIpc) is 1.61. The topological polar surface area (TPSA) is 0 Å². The van der Waals surface area contributed by atoms with Crippen molar-refractivity contribution in [2.24, 2.45) is 0 Å². The standard InChI is InChI=1S/C4H8BrP/c1-2-3-4-6-5/h2-3,6H,4H2,1H3. The highest BCUT2D eigenvalue weighted by Gasteiger charge is 1.66. The molecule has 1 unspecified atom stereocenters. The van der Waals surface area contributed by atoms with Crippen molar-refractivity contribution in [3.63, 3.8) is 0 Å². The van der Waals surface area contributed by atoms with E-state index in [1.807, 2.05) is 6.92 Å². The summed E-state index contributed by atoms with van der Waals surface area (Å²) in [5.74, 6) is 0. The third-order valence-corrected chi connectivity index (χ3v) is 1.79. The van der Waals surface area contributed by atoms with Crippen molar-refractivity contribution in [2.75, 3.05) is 6.16 Å². The molecule has 0 radical (unpaired) electrons. The van der Waals surface area contributed by atoms with Crippen molar-refractivity contribution in [3.8, 4) is 0 Å². The van der Waals surface area contributed by atoms with E-state index in [-0.39, 0.29) is 0 Å². The maximum atomic E-state index is 3.33. The maximum absolute atomic E-state index is 3.33. The molecule has 0 bridgehead atoms. The van der Waals surface area contributed by atoms with Crippen LogP contribution in [0.4, 0.5) is 0 Å². The number of hydrogen-bond acceptors (Lipinski definition) is 0. The van der Waals surface area contributed by atoms with Gasteiger partial charge < -0.3 is 0 Å². The van der Waals surface area contributed by atoms with Gasteiger partial charge in [0.2, 0.25) is 0 Å². The van der Waals surface area contributed by atoms with Crippen LogP contribution in [0.5, 0.6) is 0 Å². The lowest BCUT2D eigenvalue weighted by Gasteiger charge is -1.75. The number of rotatable bonds is 2. The van der Waals surface area contributed by atoms with Gasteiger partial charge in [0.05, 0.1) is 0 Å². The Kier molecular flexibility index (Phi) is 6.26. The molecule has 0 N–H and O–H groups in total. The van der Waals surface area contributed by atoms with Gasteiger partial charge in [-0.05, 0) is 20.4 Å². The Morgan fingerprint density at radius 3 is 2.67 bits per heavy atom. The van der Waals surface area contributed by atoms with Crippen LogP contribution >= 0.6 is 22.8 Å². The van der Waals surface area contributed by atoms with Crippen LogP contribution in [0, 0.1) is 0 Å². The average molecular weight is 167 g/mol. The molecule has 0 aromatic rings. The first-order valence-corrected chi connectivity index (χ1v) is 5.33. The van der Waals surface area contributed by atoms with Crippen molar-refractivity contribution >= 4 is 22.8 Å². The first-order valence-electron chi connectivity index (χ1n) is 1.86. The van der Waals surface area contributed by atoms with E-state index in [0.29, 0.717) is 0 Å². The van der Waals surface area contributed by atoms with Crippen LogP contribution in [0.15, 0.2) is 12.2 Å². The van der Waals surface area contributed by atoms with E-state index in [9.17, 15) is 0 Å². The summed E-state index contributed by atoms with van der Waals surface area (Å²) in [6.45, 7) is 2.03. The van der Waals surface area contributed by atoms with Gasteiger partial charge >= 0.3 is 0 Å². The van der Waals surface area contributed by atoms with Crippen LogP contribution in [-0.2, 0) is 0 Å². The number of allylic oxidation sites excluding steroid dienone is 2. The van der Waals surface area contributed by atoms with Gasteiger partial charge in [-0.3, -0.25) is 0 Å². The molecule has 0 spiro atoms. The smallest absolute Gasteiger partial charge is 0.00738 e. The van der Waals surface area contributed by atoms with Gasteiger partial charge in [0, 0.05) is 0 Å². The molecule has 0 saturated carbocycles. The molecule has 0 fully saturated rings. The lowest BCUT2D eigenvalue weighted by Crippen LogP contribution is -1.53. The van der Waals surface area contributed by atoms with E-state index >= 15 is 0 Å². The van der Waals surface area contributed by atoms with Gasteiger partial charge in [0.15, 0.2) is 0 Å². The summed E-state index contributed by atoms with van der Waals surface area (Å²) < 4.78 is 0.